The third kappa shape index (κ3) is 1.28. The van der Waals surface area contributed by atoms with E-state index in [4.69, 9.17) is 5.26 Å². The van der Waals surface area contributed by atoms with E-state index in [0.29, 0.717) is 11.4 Å². The van der Waals surface area contributed by atoms with Gasteiger partial charge in [0.2, 0.25) is 0 Å². The van der Waals surface area contributed by atoms with E-state index in [1.54, 1.807) is 11.3 Å². The monoisotopic (exact) mass is 226 g/mol. The normalized spacial score (nSPS) is 10.4. The number of nitrogens with one attached hydrogen (secondary N) is 1. The number of rotatable bonds is 1. The molecule has 0 aliphatic carbocycles. The van der Waals surface area contributed by atoms with Crippen LogP contribution in [0.15, 0.2) is 30.3 Å². The maximum absolute atomic E-state index is 8.88. The van der Waals surface area contributed by atoms with E-state index in [1.807, 2.05) is 30.3 Å². The van der Waals surface area contributed by atoms with Gasteiger partial charge in [-0.15, -0.1) is 16.4 Å². The highest BCUT2D eigenvalue weighted by atomic mass is 32.1. The Bertz CT molecular complexity index is 656. The first-order valence-electron chi connectivity index (χ1n) is 4.68. The fraction of sp³-hybridized carbons (Fsp3) is 0. The molecule has 5 heteroatoms. The molecule has 0 radical (unpaired) electrons. The molecule has 0 aliphatic heterocycles. The first-order valence-corrected chi connectivity index (χ1v) is 5.50. The molecule has 76 valence electrons. The molecule has 2 aromatic heterocycles. The second-order valence-electron chi connectivity index (χ2n) is 3.28. The highest BCUT2D eigenvalue weighted by molar-refractivity contribution is 7.22. The van der Waals surface area contributed by atoms with Crippen molar-refractivity contribution in [3.8, 4) is 16.6 Å². The van der Waals surface area contributed by atoms with Gasteiger partial charge in [-0.05, 0) is 17.5 Å². The van der Waals surface area contributed by atoms with Crippen molar-refractivity contribution in [2.24, 2.45) is 0 Å². The lowest BCUT2D eigenvalue weighted by Crippen LogP contribution is -1.77. The fourth-order valence-electron chi connectivity index (χ4n) is 1.58. The molecule has 1 aromatic carbocycles. The molecule has 1 N–H and O–H groups in total. The predicted octanol–water partition coefficient (Wildman–Crippen LogP) is 2.56. The van der Waals surface area contributed by atoms with Crippen molar-refractivity contribution in [3.63, 3.8) is 0 Å². The van der Waals surface area contributed by atoms with E-state index < -0.39 is 0 Å². The molecule has 2 heterocycles. The summed E-state index contributed by atoms with van der Waals surface area (Å²) in [4.78, 5) is 0.964. The van der Waals surface area contributed by atoms with Crippen LogP contribution < -0.4 is 0 Å². The third-order valence-electron chi connectivity index (χ3n) is 2.31. The largest absolute Gasteiger partial charge is 0.196 e. The predicted molar refractivity (Wildman–Crippen MR) is 61.9 cm³/mol. The first-order chi connectivity index (χ1) is 7.88. The van der Waals surface area contributed by atoms with Gasteiger partial charge >= 0.3 is 0 Å². The summed E-state index contributed by atoms with van der Waals surface area (Å²) in [5, 5.41) is 20.3. The summed E-state index contributed by atoms with van der Waals surface area (Å²) in [5.74, 6) is 0. The van der Waals surface area contributed by atoms with E-state index >= 15 is 0 Å². The van der Waals surface area contributed by atoms with Gasteiger partial charge in [0, 0.05) is 4.70 Å². The van der Waals surface area contributed by atoms with Crippen LogP contribution in [0.25, 0.3) is 20.7 Å². The van der Waals surface area contributed by atoms with Crippen molar-refractivity contribution < 1.29 is 0 Å². The van der Waals surface area contributed by atoms with Crippen molar-refractivity contribution in [2.75, 3.05) is 0 Å². The van der Waals surface area contributed by atoms with Crippen LogP contribution in [0.5, 0.6) is 0 Å². The van der Waals surface area contributed by atoms with Gasteiger partial charge in [0.15, 0.2) is 5.69 Å². The zero-order chi connectivity index (χ0) is 11.0. The molecular formula is C11H6N4S. The summed E-state index contributed by atoms with van der Waals surface area (Å²) in [6.07, 6.45) is 0. The number of aromatic nitrogens is 3. The Morgan fingerprint density at radius 1 is 1.25 bits per heavy atom. The number of nitriles is 1. The molecule has 0 fully saturated rings. The molecule has 0 saturated carbocycles. The summed E-state index contributed by atoms with van der Waals surface area (Å²) >= 11 is 1.61. The molecule has 0 atom stereocenters. The van der Waals surface area contributed by atoms with Crippen molar-refractivity contribution >= 4 is 21.4 Å². The molecule has 0 aliphatic rings. The van der Waals surface area contributed by atoms with Crippen molar-refractivity contribution in [3.05, 3.63) is 36.0 Å². The Morgan fingerprint density at radius 2 is 2.12 bits per heavy atom. The molecule has 0 amide bonds. The number of H-pyrrole nitrogens is 1. The van der Waals surface area contributed by atoms with Crippen LogP contribution in [0.4, 0.5) is 0 Å². The summed E-state index contributed by atoms with van der Waals surface area (Å²) in [5.41, 5.74) is 0.968. The topological polar surface area (TPSA) is 65.4 Å². The molecule has 3 aromatic rings. The van der Waals surface area contributed by atoms with Crippen molar-refractivity contribution in [1.29, 1.82) is 5.26 Å². The van der Waals surface area contributed by atoms with E-state index in [-0.39, 0.29) is 0 Å². The quantitative estimate of drug-likeness (QED) is 0.693. The van der Waals surface area contributed by atoms with Crippen LogP contribution in [0.3, 0.4) is 0 Å². The van der Waals surface area contributed by atoms with Crippen LogP contribution in [0.2, 0.25) is 0 Å². The molecule has 16 heavy (non-hydrogen) atoms. The van der Waals surface area contributed by atoms with Crippen LogP contribution in [0, 0.1) is 11.3 Å². The zero-order valence-corrected chi connectivity index (χ0v) is 8.95. The minimum Gasteiger partial charge on any atom is -0.196 e. The Morgan fingerprint density at radius 3 is 2.94 bits per heavy atom. The SMILES string of the molecule is N#Cc1n[nH]nc1-c1cc2ccccc2s1. The number of hydrogen-bond acceptors (Lipinski definition) is 4. The van der Waals surface area contributed by atoms with Crippen molar-refractivity contribution in [1.82, 2.24) is 15.4 Å². The lowest BCUT2D eigenvalue weighted by Gasteiger charge is -1.86. The molecule has 4 nitrogen and oxygen atoms in total. The van der Waals surface area contributed by atoms with Gasteiger partial charge in [-0.2, -0.15) is 15.6 Å². The Kier molecular flexibility index (Phi) is 1.95. The average Bonchev–Trinajstić information content (AvgIpc) is 2.94. The van der Waals surface area contributed by atoms with E-state index in [9.17, 15) is 0 Å². The second-order valence-corrected chi connectivity index (χ2v) is 4.36. The minimum atomic E-state index is 0.339. The van der Waals surface area contributed by atoms with E-state index in [2.05, 4.69) is 21.5 Å². The van der Waals surface area contributed by atoms with Crippen molar-refractivity contribution in [2.45, 2.75) is 0 Å². The minimum absolute atomic E-state index is 0.339. The maximum Gasteiger partial charge on any atom is 0.191 e. The lowest BCUT2D eigenvalue weighted by molar-refractivity contribution is 0.937. The second kappa shape index (κ2) is 3.43. The van der Waals surface area contributed by atoms with Gasteiger partial charge in [0.05, 0.1) is 4.88 Å². The first kappa shape index (κ1) is 9.07. The molecule has 0 bridgehead atoms. The van der Waals surface area contributed by atoms with E-state index in [0.717, 1.165) is 10.3 Å². The maximum atomic E-state index is 8.88. The van der Waals surface area contributed by atoms with E-state index in [1.165, 1.54) is 4.70 Å². The summed E-state index contributed by atoms with van der Waals surface area (Å²) in [6, 6.07) is 12.1. The van der Waals surface area contributed by atoms with Gasteiger partial charge in [-0.3, -0.25) is 0 Å². The number of fused-ring (bicyclic) bond motifs is 1. The summed E-state index contributed by atoms with van der Waals surface area (Å²) in [6.45, 7) is 0. The number of hydrogen-bond donors (Lipinski definition) is 1. The zero-order valence-electron chi connectivity index (χ0n) is 8.14. The number of benzene rings is 1. The van der Waals surface area contributed by atoms with Gasteiger partial charge < -0.3 is 0 Å². The number of thiophene rings is 1. The Hall–Kier alpha value is -2.19. The number of aromatic amines is 1. The van der Waals surface area contributed by atoms with Crippen LogP contribution in [-0.2, 0) is 0 Å². The number of nitrogens with zero attached hydrogens (tertiary/aromatic N) is 3. The fourth-order valence-corrected chi connectivity index (χ4v) is 2.63. The molecular weight excluding hydrogens is 220 g/mol. The standard InChI is InChI=1S/C11H6N4S/c12-6-8-11(14-15-13-8)10-5-7-3-1-2-4-9(7)16-10/h1-5H,(H,13,14,15). The molecule has 0 saturated heterocycles. The summed E-state index contributed by atoms with van der Waals surface area (Å²) in [7, 11) is 0. The third-order valence-corrected chi connectivity index (χ3v) is 3.44. The smallest absolute Gasteiger partial charge is 0.191 e. The molecule has 0 spiro atoms. The van der Waals surface area contributed by atoms with Crippen LogP contribution in [0.1, 0.15) is 5.69 Å². The van der Waals surface area contributed by atoms with Gasteiger partial charge in [0.25, 0.3) is 0 Å². The van der Waals surface area contributed by atoms with Gasteiger partial charge in [-0.1, -0.05) is 18.2 Å². The Labute approximate surface area is 95.2 Å². The molecule has 0 unspecified atom stereocenters. The van der Waals surface area contributed by atoms with Crippen LogP contribution >= 0.6 is 11.3 Å². The average molecular weight is 226 g/mol. The summed E-state index contributed by atoms with van der Waals surface area (Å²) < 4.78 is 1.18. The Balaban J connectivity index is 2.24. The van der Waals surface area contributed by atoms with Gasteiger partial charge in [0.1, 0.15) is 11.8 Å². The van der Waals surface area contributed by atoms with Crippen LogP contribution in [-0.4, -0.2) is 15.4 Å². The molecule has 3 rings (SSSR count). The van der Waals surface area contributed by atoms with Gasteiger partial charge in [-0.25, -0.2) is 0 Å². The highest BCUT2D eigenvalue weighted by Crippen LogP contribution is 2.32. The highest BCUT2D eigenvalue weighted by Gasteiger charge is 2.12. The lowest BCUT2D eigenvalue weighted by atomic mass is 10.2.